The minimum absolute atomic E-state index is 0.0676. The van der Waals surface area contributed by atoms with E-state index in [-0.39, 0.29) is 17.9 Å². The number of hydrogen-bond acceptors (Lipinski definition) is 3. The number of nitrogens with one attached hydrogen (secondary N) is 1. The smallest absolute Gasteiger partial charge is 0.223 e. The first-order chi connectivity index (χ1) is 10.3. The van der Waals surface area contributed by atoms with E-state index in [1.54, 1.807) is 0 Å². The van der Waals surface area contributed by atoms with E-state index in [0.717, 1.165) is 37.9 Å². The largest absolute Gasteiger partial charge is 0.347 e. The number of pyridine rings is 1. The number of rotatable bonds is 5. The fourth-order valence-corrected chi connectivity index (χ4v) is 3.37. The molecule has 0 spiro atoms. The van der Waals surface area contributed by atoms with Gasteiger partial charge in [0.25, 0.3) is 0 Å². The molecule has 0 saturated heterocycles. The molecule has 3 N–H and O–H groups in total. The van der Waals surface area contributed by atoms with Gasteiger partial charge < -0.3 is 11.1 Å². The van der Waals surface area contributed by atoms with Gasteiger partial charge in [-0.15, -0.1) is 0 Å². The normalized spacial score (nSPS) is 27.1. The molecule has 1 aromatic rings. The Morgan fingerprint density at radius 1 is 1.24 bits per heavy atom. The minimum atomic E-state index is 0.0676. The van der Waals surface area contributed by atoms with Crippen molar-refractivity contribution in [2.45, 2.75) is 44.6 Å². The van der Waals surface area contributed by atoms with Crippen LogP contribution < -0.4 is 11.1 Å². The molecule has 1 aromatic heterocycles. The fourth-order valence-electron chi connectivity index (χ4n) is 3.37. The van der Waals surface area contributed by atoms with Crippen molar-refractivity contribution in [2.24, 2.45) is 23.5 Å². The molecule has 3 rings (SSSR count). The van der Waals surface area contributed by atoms with Crippen LogP contribution in [0.3, 0.4) is 0 Å². The Kier molecular flexibility index (Phi) is 4.54. The highest BCUT2D eigenvalue weighted by Gasteiger charge is 2.35. The number of nitrogens with two attached hydrogens (primary N) is 1. The Morgan fingerprint density at radius 3 is 2.57 bits per heavy atom. The van der Waals surface area contributed by atoms with Crippen LogP contribution in [0.5, 0.6) is 0 Å². The molecule has 2 aliphatic carbocycles. The van der Waals surface area contributed by atoms with Crippen LogP contribution in [0, 0.1) is 17.8 Å². The molecule has 21 heavy (non-hydrogen) atoms. The fraction of sp³-hybridized carbons (Fsp3) is 0.647. The Bertz CT molecular complexity index is 464. The van der Waals surface area contributed by atoms with Crippen molar-refractivity contribution in [3.63, 3.8) is 0 Å². The third kappa shape index (κ3) is 3.62. The van der Waals surface area contributed by atoms with Crippen LogP contribution >= 0.6 is 0 Å². The van der Waals surface area contributed by atoms with Crippen LogP contribution in [-0.4, -0.2) is 17.4 Å². The molecule has 0 aromatic carbocycles. The highest BCUT2D eigenvalue weighted by atomic mass is 16.2. The van der Waals surface area contributed by atoms with E-state index in [1.807, 2.05) is 24.4 Å². The van der Waals surface area contributed by atoms with Crippen molar-refractivity contribution in [1.29, 1.82) is 0 Å². The summed E-state index contributed by atoms with van der Waals surface area (Å²) in [5.74, 6) is 1.61. The van der Waals surface area contributed by atoms with E-state index in [1.165, 1.54) is 12.8 Å². The van der Waals surface area contributed by atoms with E-state index >= 15 is 0 Å². The number of aromatic nitrogens is 1. The van der Waals surface area contributed by atoms with Gasteiger partial charge in [0, 0.05) is 12.1 Å². The van der Waals surface area contributed by atoms with Crippen LogP contribution in [0.25, 0.3) is 0 Å². The van der Waals surface area contributed by atoms with E-state index in [0.29, 0.717) is 11.8 Å². The van der Waals surface area contributed by atoms with Crippen molar-refractivity contribution in [2.75, 3.05) is 6.54 Å². The van der Waals surface area contributed by atoms with Gasteiger partial charge in [-0.3, -0.25) is 9.78 Å². The molecule has 0 radical (unpaired) electrons. The second kappa shape index (κ2) is 6.56. The van der Waals surface area contributed by atoms with Crippen molar-refractivity contribution in [1.82, 2.24) is 10.3 Å². The zero-order valence-electron chi connectivity index (χ0n) is 12.5. The summed E-state index contributed by atoms with van der Waals surface area (Å²) in [5.41, 5.74) is 6.79. The molecule has 1 atom stereocenters. The molecule has 2 fully saturated rings. The van der Waals surface area contributed by atoms with Gasteiger partial charge >= 0.3 is 0 Å². The average Bonchev–Trinajstić information content (AvgIpc) is 3.38. The Balaban J connectivity index is 1.71. The van der Waals surface area contributed by atoms with Crippen molar-refractivity contribution < 1.29 is 4.79 Å². The second-order valence-corrected chi connectivity index (χ2v) is 6.53. The third-order valence-corrected chi connectivity index (χ3v) is 4.95. The highest BCUT2D eigenvalue weighted by Crippen LogP contribution is 2.37. The molecule has 0 bridgehead atoms. The lowest BCUT2D eigenvalue weighted by Gasteiger charge is -2.33. The molecule has 1 heterocycles. The van der Waals surface area contributed by atoms with Gasteiger partial charge in [0.1, 0.15) is 0 Å². The lowest BCUT2D eigenvalue weighted by atomic mass is 9.77. The zero-order chi connectivity index (χ0) is 14.7. The minimum Gasteiger partial charge on any atom is -0.347 e. The Morgan fingerprint density at radius 2 is 2.00 bits per heavy atom. The molecule has 0 unspecified atom stereocenters. The maximum atomic E-state index is 12.2. The Hall–Kier alpha value is -1.42. The third-order valence-electron chi connectivity index (χ3n) is 4.95. The highest BCUT2D eigenvalue weighted by molar-refractivity contribution is 5.81. The molecular formula is C17H25N3O. The van der Waals surface area contributed by atoms with Crippen LogP contribution in [0.4, 0.5) is 0 Å². The van der Waals surface area contributed by atoms with E-state index < -0.39 is 0 Å². The summed E-state index contributed by atoms with van der Waals surface area (Å²) in [6.45, 7) is 0.787. The van der Waals surface area contributed by atoms with Crippen LogP contribution in [-0.2, 0) is 4.79 Å². The van der Waals surface area contributed by atoms with E-state index in [2.05, 4.69) is 10.3 Å². The first kappa shape index (κ1) is 14.5. The monoisotopic (exact) mass is 287 g/mol. The topological polar surface area (TPSA) is 68.0 Å². The second-order valence-electron chi connectivity index (χ2n) is 6.53. The van der Waals surface area contributed by atoms with Gasteiger partial charge in [-0.25, -0.2) is 0 Å². The van der Waals surface area contributed by atoms with Gasteiger partial charge in [-0.2, -0.15) is 0 Å². The van der Waals surface area contributed by atoms with E-state index in [4.69, 9.17) is 5.73 Å². The lowest BCUT2D eigenvalue weighted by Crippen LogP contribution is -2.37. The first-order valence-corrected chi connectivity index (χ1v) is 8.19. The standard InChI is InChI=1S/C17H25N3O/c18-11-12-4-6-13(7-5-12)16(15-3-1-2-10-19-15)20-17(21)14-8-9-14/h1-3,10,12-14,16H,4-9,11,18H2,(H,20,21)/t12?,13?,16-/m0/s1. The van der Waals surface area contributed by atoms with E-state index in [9.17, 15) is 4.79 Å². The van der Waals surface area contributed by atoms with Crippen molar-refractivity contribution >= 4 is 5.91 Å². The summed E-state index contributed by atoms with van der Waals surface area (Å²) in [6.07, 6.45) is 8.51. The molecule has 114 valence electrons. The number of nitrogens with zero attached hydrogens (tertiary/aromatic N) is 1. The van der Waals surface area contributed by atoms with Gasteiger partial charge in [0.2, 0.25) is 5.91 Å². The molecular weight excluding hydrogens is 262 g/mol. The first-order valence-electron chi connectivity index (χ1n) is 8.19. The zero-order valence-corrected chi connectivity index (χ0v) is 12.5. The van der Waals surface area contributed by atoms with Gasteiger partial charge in [0.15, 0.2) is 0 Å². The van der Waals surface area contributed by atoms with Crippen LogP contribution in [0.1, 0.15) is 50.3 Å². The van der Waals surface area contributed by atoms with Crippen LogP contribution in [0.2, 0.25) is 0 Å². The predicted molar refractivity (Wildman–Crippen MR) is 82.3 cm³/mol. The molecule has 2 aliphatic rings. The van der Waals surface area contributed by atoms with Crippen molar-refractivity contribution in [3.8, 4) is 0 Å². The quantitative estimate of drug-likeness (QED) is 0.874. The summed E-state index contributed by atoms with van der Waals surface area (Å²) in [7, 11) is 0. The SMILES string of the molecule is NCC1CCC([C@H](NC(=O)C2CC2)c2ccccn2)CC1. The number of hydrogen-bond donors (Lipinski definition) is 2. The summed E-state index contributed by atoms with van der Waals surface area (Å²) >= 11 is 0. The maximum absolute atomic E-state index is 12.2. The molecule has 1 amide bonds. The summed E-state index contributed by atoms with van der Waals surface area (Å²) in [5, 5.41) is 3.27. The number of amides is 1. The van der Waals surface area contributed by atoms with Gasteiger partial charge in [0.05, 0.1) is 11.7 Å². The van der Waals surface area contributed by atoms with Gasteiger partial charge in [-0.05, 0) is 69.0 Å². The molecule has 4 heteroatoms. The maximum Gasteiger partial charge on any atom is 0.223 e. The molecule has 0 aliphatic heterocycles. The average molecular weight is 287 g/mol. The number of carbonyl (C=O) groups excluding carboxylic acids is 1. The number of carbonyl (C=O) groups is 1. The predicted octanol–water partition coefficient (Wildman–Crippen LogP) is 2.41. The van der Waals surface area contributed by atoms with Crippen LogP contribution in [0.15, 0.2) is 24.4 Å². The molecule has 2 saturated carbocycles. The van der Waals surface area contributed by atoms with Crippen molar-refractivity contribution in [3.05, 3.63) is 30.1 Å². The summed E-state index contributed by atoms with van der Waals surface area (Å²) in [6, 6.07) is 6.03. The lowest BCUT2D eigenvalue weighted by molar-refractivity contribution is -0.123. The summed E-state index contributed by atoms with van der Waals surface area (Å²) in [4.78, 5) is 16.7. The molecule has 4 nitrogen and oxygen atoms in total. The van der Waals surface area contributed by atoms with Gasteiger partial charge in [-0.1, -0.05) is 6.07 Å². The Labute approximate surface area is 126 Å². The summed E-state index contributed by atoms with van der Waals surface area (Å²) < 4.78 is 0.